The van der Waals surface area contributed by atoms with Crippen molar-refractivity contribution in [3.8, 4) is 0 Å². The topological polar surface area (TPSA) is 166 Å². The van der Waals surface area contributed by atoms with Crippen molar-refractivity contribution in [3.63, 3.8) is 0 Å². The van der Waals surface area contributed by atoms with Crippen LogP contribution < -0.4 is 5.32 Å². The molecule has 0 bridgehead atoms. The van der Waals surface area contributed by atoms with Crippen molar-refractivity contribution in [2.75, 3.05) is 27.2 Å². The number of nitrogens with zero attached hydrogens (tertiary/aromatic N) is 5. The fourth-order valence-electron chi connectivity index (χ4n) is 3.41. The third-order valence-corrected chi connectivity index (χ3v) is 5.60. The van der Waals surface area contributed by atoms with Gasteiger partial charge in [-0.2, -0.15) is 0 Å². The zero-order valence-electron chi connectivity index (χ0n) is 23.0. The van der Waals surface area contributed by atoms with Crippen LogP contribution in [-0.4, -0.2) is 68.0 Å². The Morgan fingerprint density at radius 2 is 1.37 bits per heavy atom. The Morgan fingerprint density at radius 1 is 0.921 bits per heavy atom. The summed E-state index contributed by atoms with van der Waals surface area (Å²) < 4.78 is 3.10. The van der Waals surface area contributed by atoms with E-state index in [0.717, 1.165) is 31.9 Å². The summed E-state index contributed by atoms with van der Waals surface area (Å²) in [5.74, 6) is -0.506. The highest BCUT2D eigenvalue weighted by Crippen LogP contribution is 2.19. The number of aromatic nitrogens is 2. The first-order chi connectivity index (χ1) is 17.7. The third kappa shape index (κ3) is 11.1. The van der Waals surface area contributed by atoms with Crippen molar-refractivity contribution in [3.05, 3.63) is 56.1 Å². The molecule has 0 fully saturated rings. The van der Waals surface area contributed by atoms with E-state index < -0.39 is 15.8 Å². The van der Waals surface area contributed by atoms with E-state index in [1.54, 1.807) is 4.57 Å². The summed E-state index contributed by atoms with van der Waals surface area (Å²) in [7, 11) is 3.95. The zero-order valence-corrected chi connectivity index (χ0v) is 23.0. The lowest BCUT2D eigenvalue weighted by Crippen LogP contribution is -2.28. The van der Waals surface area contributed by atoms with Crippen molar-refractivity contribution < 1.29 is 24.5 Å². The number of hydrogen-bond acceptors (Lipinski definition) is 7. The molecule has 38 heavy (non-hydrogen) atoms. The summed E-state index contributed by atoms with van der Waals surface area (Å²) in [6, 6.07) is 2.43. The molecule has 13 heteroatoms. The standard InChI is InChI=1S/C15H26N4O3.C10H14N2O4/c1-12(2)6-9-18-11-13(19(21)22)10-14(18)15(20)16-7-5-8-17(3)4;1-7(2)3-4-11-6-8(12(15)16)5-9(11)10(13)14/h10-12H,5-9H2,1-4H3,(H,16,20);5-7H,3-4H2,1-2H3,(H,13,14). The van der Waals surface area contributed by atoms with Gasteiger partial charge in [0.2, 0.25) is 0 Å². The van der Waals surface area contributed by atoms with Crippen molar-refractivity contribution in [1.82, 2.24) is 19.4 Å². The predicted octanol–water partition coefficient (Wildman–Crippen LogP) is 4.26. The SMILES string of the molecule is CC(C)CCn1cc([N+](=O)[O-])cc1C(=O)NCCCN(C)C.CC(C)CCn1cc([N+](=O)[O-])cc1C(=O)O. The van der Waals surface area contributed by atoms with Gasteiger partial charge in [0.25, 0.3) is 17.3 Å². The van der Waals surface area contributed by atoms with Gasteiger partial charge < -0.3 is 24.5 Å². The highest BCUT2D eigenvalue weighted by molar-refractivity contribution is 5.93. The molecule has 0 saturated heterocycles. The monoisotopic (exact) mass is 536 g/mol. The lowest BCUT2D eigenvalue weighted by atomic mass is 10.1. The maximum Gasteiger partial charge on any atom is 0.352 e. The van der Waals surface area contributed by atoms with Gasteiger partial charge in [0.1, 0.15) is 11.4 Å². The average molecular weight is 537 g/mol. The maximum atomic E-state index is 12.2. The predicted molar refractivity (Wildman–Crippen MR) is 144 cm³/mol. The minimum Gasteiger partial charge on any atom is -0.477 e. The highest BCUT2D eigenvalue weighted by atomic mass is 16.6. The van der Waals surface area contributed by atoms with Crippen molar-refractivity contribution in [1.29, 1.82) is 0 Å². The molecule has 0 atom stereocenters. The average Bonchev–Trinajstić information content (AvgIpc) is 3.44. The summed E-state index contributed by atoms with van der Waals surface area (Å²) in [6.45, 7) is 10.7. The quantitative estimate of drug-likeness (QED) is 0.205. The number of amides is 1. The Hall–Kier alpha value is -3.74. The van der Waals surface area contributed by atoms with E-state index in [-0.39, 0.29) is 23.0 Å². The molecule has 0 aromatic carbocycles. The Morgan fingerprint density at radius 3 is 1.76 bits per heavy atom. The molecular weight excluding hydrogens is 496 g/mol. The molecule has 2 aromatic rings. The van der Waals surface area contributed by atoms with Crippen molar-refractivity contribution in [2.45, 2.75) is 60.0 Å². The van der Waals surface area contributed by atoms with E-state index >= 15 is 0 Å². The first-order valence-corrected chi connectivity index (χ1v) is 12.6. The number of carbonyl (C=O) groups excluding carboxylic acids is 1. The van der Waals surface area contributed by atoms with Gasteiger partial charge in [-0.25, -0.2) is 4.79 Å². The van der Waals surface area contributed by atoms with Gasteiger partial charge in [0, 0.05) is 31.8 Å². The van der Waals surface area contributed by atoms with E-state index in [2.05, 4.69) is 19.2 Å². The van der Waals surface area contributed by atoms with Gasteiger partial charge in [0.05, 0.1) is 22.2 Å². The molecule has 2 heterocycles. The number of carbonyl (C=O) groups is 2. The van der Waals surface area contributed by atoms with Gasteiger partial charge in [-0.05, 0) is 51.7 Å². The summed E-state index contributed by atoms with van der Waals surface area (Å²) in [6.07, 6.45) is 5.20. The second-order valence-electron chi connectivity index (χ2n) is 10.2. The number of aromatic carboxylic acids is 1. The van der Waals surface area contributed by atoms with E-state index in [1.807, 2.05) is 32.8 Å². The Labute approximate surface area is 222 Å². The van der Waals surface area contributed by atoms with Crippen LogP contribution in [0.2, 0.25) is 0 Å². The number of aryl methyl sites for hydroxylation is 2. The molecule has 1 amide bonds. The first-order valence-electron chi connectivity index (χ1n) is 12.6. The normalized spacial score (nSPS) is 11.0. The van der Waals surface area contributed by atoms with Gasteiger partial charge in [-0.1, -0.05) is 27.7 Å². The molecule has 2 N–H and O–H groups in total. The lowest BCUT2D eigenvalue weighted by molar-refractivity contribution is -0.385. The molecule has 0 aliphatic carbocycles. The molecule has 13 nitrogen and oxygen atoms in total. The summed E-state index contributed by atoms with van der Waals surface area (Å²) in [5.41, 5.74) is 0.105. The lowest BCUT2D eigenvalue weighted by Gasteiger charge is -2.12. The number of carboxylic acid groups (broad SMARTS) is 1. The number of rotatable bonds is 14. The van der Waals surface area contributed by atoms with Crippen LogP contribution in [0.3, 0.4) is 0 Å². The van der Waals surface area contributed by atoms with Crippen LogP contribution in [0.25, 0.3) is 0 Å². The second kappa shape index (κ2) is 15.5. The molecule has 0 unspecified atom stereocenters. The zero-order chi connectivity index (χ0) is 29.0. The van der Waals surface area contributed by atoms with Crippen molar-refractivity contribution >= 4 is 23.3 Å². The van der Waals surface area contributed by atoms with E-state index in [4.69, 9.17) is 5.11 Å². The van der Waals surface area contributed by atoms with E-state index in [0.29, 0.717) is 37.2 Å². The van der Waals surface area contributed by atoms with E-state index in [9.17, 15) is 29.8 Å². The smallest absolute Gasteiger partial charge is 0.352 e. The summed E-state index contributed by atoms with van der Waals surface area (Å²) in [5, 5.41) is 33.2. The van der Waals surface area contributed by atoms with Gasteiger partial charge in [0.15, 0.2) is 0 Å². The fourth-order valence-corrected chi connectivity index (χ4v) is 3.41. The van der Waals surface area contributed by atoms with Crippen LogP contribution >= 0.6 is 0 Å². The summed E-state index contributed by atoms with van der Waals surface area (Å²) >= 11 is 0. The number of nitrogens with one attached hydrogen (secondary N) is 1. The molecule has 0 saturated carbocycles. The third-order valence-electron chi connectivity index (χ3n) is 5.60. The van der Waals surface area contributed by atoms with Crippen LogP contribution in [0.4, 0.5) is 11.4 Å². The number of carboxylic acids is 1. The Balaban J connectivity index is 0.000000399. The molecule has 0 radical (unpaired) electrons. The molecule has 0 spiro atoms. The van der Waals surface area contributed by atoms with Crippen LogP contribution in [0.15, 0.2) is 24.5 Å². The van der Waals surface area contributed by atoms with E-state index in [1.165, 1.54) is 23.0 Å². The van der Waals surface area contributed by atoms with Crippen LogP contribution in [0.1, 0.15) is 67.9 Å². The maximum absolute atomic E-state index is 12.2. The molecule has 0 aliphatic rings. The minimum absolute atomic E-state index is 0.0349. The molecule has 2 aromatic heterocycles. The van der Waals surface area contributed by atoms with Crippen molar-refractivity contribution in [2.24, 2.45) is 11.8 Å². The molecule has 0 aliphatic heterocycles. The molecular formula is C25H40N6O7. The van der Waals surface area contributed by atoms with Crippen LogP contribution in [0.5, 0.6) is 0 Å². The summed E-state index contributed by atoms with van der Waals surface area (Å²) in [4.78, 5) is 45.5. The van der Waals surface area contributed by atoms with Gasteiger partial charge >= 0.3 is 5.97 Å². The molecule has 2 rings (SSSR count). The molecule has 212 valence electrons. The minimum atomic E-state index is -1.14. The number of hydrogen-bond donors (Lipinski definition) is 2. The van der Waals surface area contributed by atoms with Gasteiger partial charge in [-0.3, -0.25) is 25.0 Å². The Bertz CT molecular complexity index is 1090. The Kier molecular flexibility index (Phi) is 13.2. The first kappa shape index (κ1) is 32.3. The second-order valence-corrected chi connectivity index (χ2v) is 10.2. The fraction of sp³-hybridized carbons (Fsp3) is 0.600. The largest absolute Gasteiger partial charge is 0.477 e. The highest BCUT2D eigenvalue weighted by Gasteiger charge is 2.20. The van der Waals surface area contributed by atoms with Crippen LogP contribution in [-0.2, 0) is 13.1 Å². The number of nitro groups is 2. The van der Waals surface area contributed by atoms with Crippen LogP contribution in [0, 0.1) is 32.1 Å². The van der Waals surface area contributed by atoms with Gasteiger partial charge in [-0.15, -0.1) is 0 Å².